The van der Waals surface area contributed by atoms with Gasteiger partial charge in [0.15, 0.2) is 5.78 Å². The van der Waals surface area contributed by atoms with E-state index in [4.69, 9.17) is 11.6 Å². The van der Waals surface area contributed by atoms with E-state index in [9.17, 15) is 28.0 Å². The van der Waals surface area contributed by atoms with Gasteiger partial charge in [-0.25, -0.2) is 0 Å². The number of carbonyl (C=O) groups excluding carboxylic acids is 2. The lowest BCUT2D eigenvalue weighted by Crippen LogP contribution is -2.48. The molecule has 3 rings (SSSR count). The van der Waals surface area contributed by atoms with Gasteiger partial charge in [0, 0.05) is 16.1 Å². The van der Waals surface area contributed by atoms with Crippen molar-refractivity contribution in [3.63, 3.8) is 0 Å². The summed E-state index contributed by atoms with van der Waals surface area (Å²) in [6.45, 7) is 2.61. The van der Waals surface area contributed by atoms with Gasteiger partial charge in [0.05, 0.1) is 12.6 Å². The fraction of sp³-hybridized carbons (Fsp3) is 0.250. The molecule has 166 valence electrons. The largest absolute Gasteiger partial charge is 0.573 e. The molecule has 0 radical (unpaired) electrons. The van der Waals surface area contributed by atoms with Crippen LogP contribution in [0.4, 0.5) is 13.2 Å². The third kappa shape index (κ3) is 5.33. The normalized spacial score (nSPS) is 13.3. The van der Waals surface area contributed by atoms with Gasteiger partial charge in [-0.05, 0) is 50.2 Å². The highest BCUT2D eigenvalue weighted by molar-refractivity contribution is 6.32. The van der Waals surface area contributed by atoms with Crippen LogP contribution in [0, 0.1) is 11.3 Å². The first-order valence-corrected chi connectivity index (χ1v) is 9.42. The summed E-state index contributed by atoms with van der Waals surface area (Å²) in [5.74, 6) is -1.44. The van der Waals surface area contributed by atoms with Crippen molar-refractivity contribution in [2.45, 2.75) is 32.3 Å². The molecule has 1 heterocycles. The number of nitrogens with zero attached hydrogens (tertiary/aromatic N) is 4. The van der Waals surface area contributed by atoms with Gasteiger partial charge in [-0.1, -0.05) is 11.6 Å². The van der Waals surface area contributed by atoms with Crippen LogP contribution in [0.25, 0.3) is 11.0 Å². The summed E-state index contributed by atoms with van der Waals surface area (Å²) in [6, 6.07) is 9.18. The van der Waals surface area contributed by atoms with Crippen LogP contribution in [0.2, 0.25) is 5.02 Å². The van der Waals surface area contributed by atoms with Crippen molar-refractivity contribution in [3.8, 4) is 11.8 Å². The van der Waals surface area contributed by atoms with Crippen molar-refractivity contribution < 1.29 is 27.5 Å². The first-order chi connectivity index (χ1) is 14.9. The zero-order valence-corrected chi connectivity index (χ0v) is 17.5. The third-order valence-corrected chi connectivity index (χ3v) is 4.53. The van der Waals surface area contributed by atoms with Crippen LogP contribution in [0.5, 0.6) is 5.75 Å². The van der Waals surface area contributed by atoms with Gasteiger partial charge in [-0.2, -0.15) is 20.3 Å². The van der Waals surface area contributed by atoms with E-state index in [0.29, 0.717) is 16.1 Å². The number of benzene rings is 2. The number of ketones is 1. The topological polar surface area (TPSA) is 110 Å². The molecule has 0 fully saturated rings. The number of nitrogens with one attached hydrogen (secondary N) is 1. The lowest BCUT2D eigenvalue weighted by atomic mass is 10.0. The highest BCUT2D eigenvalue weighted by Crippen LogP contribution is 2.24. The van der Waals surface area contributed by atoms with Crippen molar-refractivity contribution in [2.75, 3.05) is 0 Å². The number of hydrogen-bond donors (Lipinski definition) is 1. The first kappa shape index (κ1) is 23.0. The summed E-state index contributed by atoms with van der Waals surface area (Å²) in [7, 11) is 0. The predicted molar refractivity (Wildman–Crippen MR) is 107 cm³/mol. The standard InChI is InChI=1S/C20H15ClF3N5O3/c1-11(30)15-7-13(21)8-16-17(15)28-29(27-16)10-19(2,9-25)26-18(31)12-3-5-14(6-4-12)32-20(22,23)24/h3-8H,10H2,1-2H3,(H,26,31). The molecular formula is C20H15ClF3N5O3. The zero-order valence-electron chi connectivity index (χ0n) is 16.7. The molecule has 0 aliphatic carbocycles. The second-order valence-corrected chi connectivity index (χ2v) is 7.51. The Kier molecular flexibility index (Phi) is 6.09. The third-order valence-electron chi connectivity index (χ3n) is 4.32. The van der Waals surface area contributed by atoms with Gasteiger partial charge >= 0.3 is 6.36 Å². The average molecular weight is 466 g/mol. The Morgan fingerprint density at radius 3 is 2.44 bits per heavy atom. The Bertz CT molecular complexity index is 1230. The molecule has 2 aromatic carbocycles. The van der Waals surface area contributed by atoms with E-state index in [0.717, 1.165) is 29.1 Å². The van der Waals surface area contributed by atoms with Gasteiger partial charge in [-0.3, -0.25) is 9.59 Å². The Labute approximate surface area is 184 Å². The molecule has 1 unspecified atom stereocenters. The lowest BCUT2D eigenvalue weighted by Gasteiger charge is -2.22. The van der Waals surface area contributed by atoms with Crippen LogP contribution >= 0.6 is 11.6 Å². The Morgan fingerprint density at radius 1 is 1.22 bits per heavy atom. The number of Topliss-reactive ketones (excluding diaryl/α,β-unsaturated/α-hetero) is 1. The van der Waals surface area contributed by atoms with E-state index < -0.39 is 23.6 Å². The molecule has 0 aliphatic heterocycles. The average Bonchev–Trinajstić information content (AvgIpc) is 3.07. The number of nitriles is 1. The van der Waals surface area contributed by atoms with Crippen LogP contribution < -0.4 is 10.1 Å². The maximum Gasteiger partial charge on any atom is 0.573 e. The number of ether oxygens (including phenoxy) is 1. The van der Waals surface area contributed by atoms with Gasteiger partial charge in [-0.15, -0.1) is 13.2 Å². The van der Waals surface area contributed by atoms with Crippen molar-refractivity contribution in [2.24, 2.45) is 0 Å². The highest BCUT2D eigenvalue weighted by atomic mass is 35.5. The van der Waals surface area contributed by atoms with E-state index in [1.807, 2.05) is 6.07 Å². The lowest BCUT2D eigenvalue weighted by molar-refractivity contribution is -0.274. The number of carbonyl (C=O) groups is 2. The summed E-state index contributed by atoms with van der Waals surface area (Å²) in [5, 5.41) is 20.9. The molecule has 1 amide bonds. The van der Waals surface area contributed by atoms with Crippen LogP contribution in [-0.2, 0) is 6.54 Å². The van der Waals surface area contributed by atoms with Crippen LogP contribution in [0.3, 0.4) is 0 Å². The summed E-state index contributed by atoms with van der Waals surface area (Å²) in [6.07, 6.45) is -4.85. The fourth-order valence-corrected chi connectivity index (χ4v) is 3.10. The Morgan fingerprint density at radius 2 is 1.88 bits per heavy atom. The van der Waals surface area contributed by atoms with Gasteiger partial charge in [0.25, 0.3) is 5.91 Å². The summed E-state index contributed by atoms with van der Waals surface area (Å²) in [5.41, 5.74) is -0.552. The minimum absolute atomic E-state index is 0.0187. The van der Waals surface area contributed by atoms with Crippen LogP contribution in [0.15, 0.2) is 36.4 Å². The van der Waals surface area contributed by atoms with Crippen molar-refractivity contribution in [3.05, 3.63) is 52.5 Å². The monoisotopic (exact) mass is 465 g/mol. The molecular weight excluding hydrogens is 451 g/mol. The van der Waals surface area contributed by atoms with E-state index in [1.165, 1.54) is 26.0 Å². The molecule has 0 saturated heterocycles. The highest BCUT2D eigenvalue weighted by Gasteiger charge is 2.32. The van der Waals surface area contributed by atoms with E-state index in [1.54, 1.807) is 0 Å². The smallest absolute Gasteiger partial charge is 0.406 e. The van der Waals surface area contributed by atoms with Crippen molar-refractivity contribution in [1.29, 1.82) is 5.26 Å². The summed E-state index contributed by atoms with van der Waals surface area (Å²) in [4.78, 5) is 25.5. The summed E-state index contributed by atoms with van der Waals surface area (Å²) >= 11 is 6.01. The molecule has 0 bridgehead atoms. The number of rotatable bonds is 6. The van der Waals surface area contributed by atoms with Crippen molar-refractivity contribution >= 4 is 34.3 Å². The Balaban J connectivity index is 1.80. The molecule has 0 saturated carbocycles. The molecule has 3 aromatic rings. The first-order valence-electron chi connectivity index (χ1n) is 9.04. The predicted octanol–water partition coefficient (Wildman–Crippen LogP) is 3.90. The molecule has 1 atom stereocenters. The molecule has 1 aromatic heterocycles. The molecule has 32 heavy (non-hydrogen) atoms. The van der Waals surface area contributed by atoms with Gasteiger partial charge < -0.3 is 10.1 Å². The molecule has 0 aliphatic rings. The molecule has 0 spiro atoms. The number of alkyl halides is 3. The van der Waals surface area contributed by atoms with E-state index >= 15 is 0 Å². The summed E-state index contributed by atoms with van der Waals surface area (Å²) < 4.78 is 40.6. The number of amides is 1. The van der Waals surface area contributed by atoms with Crippen LogP contribution in [0.1, 0.15) is 34.6 Å². The minimum Gasteiger partial charge on any atom is -0.406 e. The second-order valence-electron chi connectivity index (χ2n) is 7.08. The van der Waals surface area contributed by atoms with E-state index in [2.05, 4.69) is 20.3 Å². The molecule has 1 N–H and O–H groups in total. The number of fused-ring (bicyclic) bond motifs is 1. The zero-order chi connectivity index (χ0) is 23.7. The second kappa shape index (κ2) is 8.47. The van der Waals surface area contributed by atoms with E-state index in [-0.39, 0.29) is 23.5 Å². The van der Waals surface area contributed by atoms with Crippen molar-refractivity contribution in [1.82, 2.24) is 20.3 Å². The van der Waals surface area contributed by atoms with Crippen LogP contribution in [-0.4, -0.2) is 38.6 Å². The number of hydrogen-bond acceptors (Lipinski definition) is 6. The fourth-order valence-electron chi connectivity index (χ4n) is 2.88. The quantitative estimate of drug-likeness (QED) is 0.553. The maximum atomic E-state index is 12.5. The molecule has 12 heteroatoms. The van der Waals surface area contributed by atoms with Gasteiger partial charge in [0.2, 0.25) is 0 Å². The minimum atomic E-state index is -4.85. The van der Waals surface area contributed by atoms with Gasteiger partial charge in [0.1, 0.15) is 22.3 Å². The number of halogens is 4. The SMILES string of the molecule is CC(=O)c1cc(Cl)cc2nn(CC(C)(C#N)NC(=O)c3ccc(OC(F)(F)F)cc3)nc12. The number of aromatic nitrogens is 3. The maximum absolute atomic E-state index is 12.5. The Hall–Kier alpha value is -3.65. The molecule has 8 nitrogen and oxygen atoms in total.